The number of aliphatic hydroxyl groups excluding tert-OH is 2. The average Bonchev–Trinajstić information content (AvgIpc) is 2.34. The molecule has 0 amide bonds. The monoisotopic (exact) mass is 260 g/mol. The van der Waals surface area contributed by atoms with Crippen molar-refractivity contribution >= 4 is 13.3 Å². The van der Waals surface area contributed by atoms with Crippen molar-refractivity contribution in [1.29, 1.82) is 0 Å². The summed E-state index contributed by atoms with van der Waals surface area (Å²) in [5.41, 5.74) is 0. The van der Waals surface area contributed by atoms with Crippen molar-refractivity contribution in [1.82, 2.24) is 0 Å². The van der Waals surface area contributed by atoms with Crippen LogP contribution >= 0.6 is 8.03 Å². The van der Waals surface area contributed by atoms with E-state index < -0.39 is 8.03 Å². The normalized spacial score (nSPS) is 11.1. The fourth-order valence-electron chi connectivity index (χ4n) is 1.17. The van der Waals surface area contributed by atoms with Crippen LogP contribution in [0.2, 0.25) is 0 Å². The van der Waals surface area contributed by atoms with Crippen LogP contribution in [0.25, 0.3) is 0 Å². The molecule has 1 aromatic carbocycles. The molecule has 0 spiro atoms. The third-order valence-electron chi connectivity index (χ3n) is 1.84. The molecule has 0 bridgehead atoms. The summed E-state index contributed by atoms with van der Waals surface area (Å²) >= 11 is 0. The summed E-state index contributed by atoms with van der Waals surface area (Å²) in [6, 6.07) is 4.29. The first-order valence-electron chi connectivity index (χ1n) is 4.94. The van der Waals surface area contributed by atoms with E-state index in [1.54, 1.807) is 0 Å². The SMILES string of the molecule is O=[P+]([O-])c1cc(OCCO)ccc1OCCO. The first-order valence-corrected chi connectivity index (χ1v) is 6.12. The fraction of sp³-hybridized carbons (Fsp3) is 0.400. The Morgan fingerprint density at radius 1 is 1.18 bits per heavy atom. The van der Waals surface area contributed by atoms with Gasteiger partial charge in [-0.05, 0) is 12.1 Å². The van der Waals surface area contributed by atoms with Gasteiger partial charge < -0.3 is 24.6 Å². The van der Waals surface area contributed by atoms with E-state index in [0.29, 0.717) is 5.75 Å². The molecule has 0 saturated heterocycles. The lowest BCUT2D eigenvalue weighted by atomic mass is 10.3. The topological polar surface area (TPSA) is 99.1 Å². The first kappa shape index (κ1) is 13.9. The smallest absolute Gasteiger partial charge is 0.352 e. The van der Waals surface area contributed by atoms with Crippen LogP contribution in [0.3, 0.4) is 0 Å². The average molecular weight is 260 g/mol. The van der Waals surface area contributed by atoms with E-state index in [4.69, 9.17) is 19.7 Å². The zero-order chi connectivity index (χ0) is 12.7. The zero-order valence-electron chi connectivity index (χ0n) is 9.04. The summed E-state index contributed by atoms with van der Waals surface area (Å²) in [5, 5.41) is 17.2. The predicted molar refractivity (Wildman–Crippen MR) is 58.8 cm³/mol. The highest BCUT2D eigenvalue weighted by atomic mass is 31.1. The van der Waals surface area contributed by atoms with Crippen LogP contribution in [0.15, 0.2) is 18.2 Å². The maximum atomic E-state index is 11.0. The molecule has 6 nitrogen and oxygen atoms in total. The number of rotatable bonds is 7. The predicted octanol–water partition coefficient (Wildman–Crippen LogP) is -0.843. The molecule has 2 N–H and O–H groups in total. The van der Waals surface area contributed by atoms with Crippen molar-refractivity contribution in [2.24, 2.45) is 0 Å². The van der Waals surface area contributed by atoms with Gasteiger partial charge in [0.2, 0.25) is 5.30 Å². The Kier molecular flexibility index (Phi) is 5.86. The van der Waals surface area contributed by atoms with Gasteiger partial charge >= 0.3 is 8.03 Å². The number of hydrogen-bond acceptors (Lipinski definition) is 6. The number of aliphatic hydroxyl groups is 2. The quantitative estimate of drug-likeness (QED) is 0.620. The summed E-state index contributed by atoms with van der Waals surface area (Å²) in [6.07, 6.45) is 0. The third-order valence-corrected chi connectivity index (χ3v) is 2.58. The van der Waals surface area contributed by atoms with E-state index in [-0.39, 0.29) is 37.5 Å². The van der Waals surface area contributed by atoms with E-state index in [1.165, 1.54) is 18.2 Å². The van der Waals surface area contributed by atoms with Crippen LogP contribution in [0.1, 0.15) is 0 Å². The van der Waals surface area contributed by atoms with Gasteiger partial charge in [0.05, 0.1) is 13.2 Å². The van der Waals surface area contributed by atoms with E-state index in [1.807, 2.05) is 0 Å². The summed E-state index contributed by atoms with van der Waals surface area (Å²) in [7, 11) is -2.81. The molecular weight excluding hydrogens is 247 g/mol. The highest BCUT2D eigenvalue weighted by Crippen LogP contribution is 2.23. The van der Waals surface area contributed by atoms with Crippen LogP contribution < -0.4 is 19.7 Å². The Bertz CT molecular complexity index is 381. The van der Waals surface area contributed by atoms with E-state index in [2.05, 4.69) is 0 Å². The van der Waals surface area contributed by atoms with Crippen molar-refractivity contribution in [2.45, 2.75) is 0 Å². The lowest BCUT2D eigenvalue weighted by Crippen LogP contribution is -2.13. The van der Waals surface area contributed by atoms with Crippen molar-refractivity contribution in [3.63, 3.8) is 0 Å². The highest BCUT2D eigenvalue weighted by Gasteiger charge is 2.17. The second-order valence-electron chi connectivity index (χ2n) is 3.03. The lowest BCUT2D eigenvalue weighted by Gasteiger charge is -2.08. The van der Waals surface area contributed by atoms with Crippen molar-refractivity contribution in [3.05, 3.63) is 18.2 Å². The van der Waals surface area contributed by atoms with Crippen LogP contribution in [-0.4, -0.2) is 36.6 Å². The standard InChI is InChI=1S/C10H13O6P/c11-3-5-15-8-1-2-9(16-6-4-12)10(7-8)17(13)14/h1-2,7,11-12H,3-6H2. The number of hydrogen-bond donors (Lipinski definition) is 2. The summed E-state index contributed by atoms with van der Waals surface area (Å²) < 4.78 is 21.2. The second kappa shape index (κ2) is 7.19. The van der Waals surface area contributed by atoms with Crippen LogP contribution in [0.4, 0.5) is 0 Å². The van der Waals surface area contributed by atoms with Gasteiger partial charge in [-0.2, -0.15) is 0 Å². The molecular formula is C10H13O6P. The molecule has 1 rings (SSSR count). The molecule has 17 heavy (non-hydrogen) atoms. The summed E-state index contributed by atoms with van der Waals surface area (Å²) in [4.78, 5) is 11.0. The van der Waals surface area contributed by atoms with Gasteiger partial charge in [0.25, 0.3) is 0 Å². The van der Waals surface area contributed by atoms with Gasteiger partial charge in [-0.1, -0.05) is 4.57 Å². The molecule has 94 valence electrons. The largest absolute Gasteiger partial charge is 0.591 e. The molecule has 7 heteroatoms. The molecule has 0 aliphatic rings. The minimum atomic E-state index is -2.81. The molecule has 1 unspecified atom stereocenters. The molecule has 0 aliphatic carbocycles. The summed E-state index contributed by atoms with van der Waals surface area (Å²) in [6.45, 7) is -0.238. The molecule has 0 heterocycles. The fourth-order valence-corrected chi connectivity index (χ4v) is 1.72. The maximum Gasteiger partial charge on any atom is 0.352 e. The molecule has 0 aliphatic heterocycles. The van der Waals surface area contributed by atoms with E-state index in [9.17, 15) is 9.46 Å². The summed E-state index contributed by atoms with van der Waals surface area (Å²) in [5.74, 6) is 0.510. The second-order valence-corrected chi connectivity index (χ2v) is 4.03. The molecule has 0 fully saturated rings. The van der Waals surface area contributed by atoms with Crippen LogP contribution in [0.5, 0.6) is 11.5 Å². The van der Waals surface area contributed by atoms with Crippen molar-refractivity contribution in [3.8, 4) is 11.5 Å². The maximum absolute atomic E-state index is 11.0. The molecule has 0 saturated carbocycles. The zero-order valence-corrected chi connectivity index (χ0v) is 9.93. The van der Waals surface area contributed by atoms with Crippen LogP contribution in [0, 0.1) is 0 Å². The van der Waals surface area contributed by atoms with Gasteiger partial charge in [0.15, 0.2) is 5.75 Å². The third kappa shape index (κ3) is 4.28. The molecule has 0 aromatic heterocycles. The van der Waals surface area contributed by atoms with Gasteiger partial charge in [0, 0.05) is 6.07 Å². The minimum Gasteiger partial charge on any atom is -0.591 e. The van der Waals surface area contributed by atoms with Crippen molar-refractivity contribution in [2.75, 3.05) is 26.4 Å². The van der Waals surface area contributed by atoms with E-state index >= 15 is 0 Å². The number of ether oxygens (including phenoxy) is 2. The Labute approximate surface area is 99.3 Å². The Morgan fingerprint density at radius 2 is 1.82 bits per heavy atom. The van der Waals surface area contributed by atoms with E-state index in [0.717, 1.165) is 0 Å². The molecule has 1 atom stereocenters. The van der Waals surface area contributed by atoms with Crippen molar-refractivity contribution < 1.29 is 29.1 Å². The Hall–Kier alpha value is -1.20. The number of benzene rings is 1. The van der Waals surface area contributed by atoms with Gasteiger partial charge in [0.1, 0.15) is 19.0 Å². The van der Waals surface area contributed by atoms with Crippen LogP contribution in [-0.2, 0) is 4.57 Å². The highest BCUT2D eigenvalue weighted by molar-refractivity contribution is 7.46. The van der Waals surface area contributed by atoms with Gasteiger partial charge in [-0.15, -0.1) is 0 Å². The molecule has 1 aromatic rings. The van der Waals surface area contributed by atoms with Gasteiger partial charge in [-0.25, -0.2) is 0 Å². The Balaban J connectivity index is 2.87. The lowest BCUT2D eigenvalue weighted by molar-refractivity contribution is -0.160. The minimum absolute atomic E-state index is 0.0103. The Morgan fingerprint density at radius 3 is 2.41 bits per heavy atom. The first-order chi connectivity index (χ1) is 8.19. The molecule has 0 radical (unpaired) electrons. The van der Waals surface area contributed by atoms with Gasteiger partial charge in [-0.3, -0.25) is 0 Å².